The monoisotopic (exact) mass is 230 g/mol. The summed E-state index contributed by atoms with van der Waals surface area (Å²) in [4.78, 5) is 28.2. The highest BCUT2D eigenvalue weighted by atomic mass is 32.1. The first-order chi connectivity index (χ1) is 7.75. The molecule has 0 spiro atoms. The van der Waals surface area contributed by atoms with Crippen LogP contribution in [0.1, 0.15) is 0 Å². The molecule has 0 N–H and O–H groups in total. The van der Waals surface area contributed by atoms with E-state index in [9.17, 15) is 9.59 Å². The third kappa shape index (κ3) is 1.25. The first kappa shape index (κ1) is 9.23. The molecule has 78 valence electrons. The molecule has 1 aromatic heterocycles. The maximum absolute atomic E-state index is 11.4. The van der Waals surface area contributed by atoms with Gasteiger partial charge in [-0.3, -0.25) is 9.59 Å². The van der Waals surface area contributed by atoms with Crippen LogP contribution in [0.25, 0.3) is 10.2 Å². The van der Waals surface area contributed by atoms with E-state index in [1.165, 1.54) is 23.5 Å². The van der Waals surface area contributed by atoms with Crippen LogP contribution in [0.4, 0.5) is 5.13 Å². The number of nitrogens with zero attached hydrogens (tertiary/aromatic N) is 2. The second-order valence-electron chi connectivity index (χ2n) is 3.31. The van der Waals surface area contributed by atoms with Crippen molar-refractivity contribution in [2.75, 3.05) is 4.90 Å². The van der Waals surface area contributed by atoms with Gasteiger partial charge in [-0.1, -0.05) is 23.5 Å². The lowest BCUT2D eigenvalue weighted by Crippen LogP contribution is -2.29. The average molecular weight is 230 g/mol. The molecule has 0 aliphatic carbocycles. The predicted molar refractivity (Wildman–Crippen MR) is 61.3 cm³/mol. The number of benzene rings is 1. The summed E-state index contributed by atoms with van der Waals surface area (Å²) in [5.74, 6) is -0.659. The van der Waals surface area contributed by atoms with E-state index in [2.05, 4.69) is 4.98 Å². The number of para-hydroxylation sites is 1. The van der Waals surface area contributed by atoms with Gasteiger partial charge in [0.2, 0.25) is 5.13 Å². The Bertz CT molecular complexity index is 579. The van der Waals surface area contributed by atoms with Crippen LogP contribution in [0.3, 0.4) is 0 Å². The molecule has 2 aromatic rings. The molecule has 5 heteroatoms. The van der Waals surface area contributed by atoms with Gasteiger partial charge in [-0.25, -0.2) is 9.88 Å². The zero-order valence-corrected chi connectivity index (χ0v) is 8.90. The molecule has 1 aliphatic heterocycles. The molecule has 0 fully saturated rings. The van der Waals surface area contributed by atoms with E-state index in [1.54, 1.807) is 0 Å². The molecule has 0 bridgehead atoms. The third-order valence-electron chi connectivity index (χ3n) is 2.28. The van der Waals surface area contributed by atoms with Gasteiger partial charge in [0.15, 0.2) is 0 Å². The van der Waals surface area contributed by atoms with E-state index in [1.807, 2.05) is 24.3 Å². The van der Waals surface area contributed by atoms with Gasteiger partial charge in [0.05, 0.1) is 10.2 Å². The highest BCUT2D eigenvalue weighted by molar-refractivity contribution is 7.22. The molecule has 0 atom stereocenters. The largest absolute Gasteiger partial charge is 0.269 e. The van der Waals surface area contributed by atoms with E-state index >= 15 is 0 Å². The Morgan fingerprint density at radius 1 is 1.06 bits per heavy atom. The zero-order chi connectivity index (χ0) is 11.1. The van der Waals surface area contributed by atoms with E-state index in [4.69, 9.17) is 0 Å². The number of carbonyl (C=O) groups excluding carboxylic acids is 2. The summed E-state index contributed by atoms with van der Waals surface area (Å²) >= 11 is 1.34. The number of fused-ring (bicyclic) bond motifs is 1. The van der Waals surface area contributed by atoms with Gasteiger partial charge in [0, 0.05) is 12.2 Å². The molecule has 2 heterocycles. The van der Waals surface area contributed by atoms with E-state index in [-0.39, 0.29) is 11.8 Å². The lowest BCUT2D eigenvalue weighted by Gasteiger charge is -2.07. The Kier molecular flexibility index (Phi) is 1.87. The second kappa shape index (κ2) is 3.24. The van der Waals surface area contributed by atoms with Gasteiger partial charge in [0.25, 0.3) is 11.8 Å². The summed E-state index contributed by atoms with van der Waals surface area (Å²) in [5.41, 5.74) is 0.801. The zero-order valence-electron chi connectivity index (χ0n) is 8.08. The predicted octanol–water partition coefficient (Wildman–Crippen LogP) is 1.73. The highest BCUT2D eigenvalue weighted by Gasteiger charge is 2.27. The molecule has 0 saturated heterocycles. The maximum atomic E-state index is 11.4. The van der Waals surface area contributed by atoms with Gasteiger partial charge < -0.3 is 0 Å². The fourth-order valence-corrected chi connectivity index (χ4v) is 2.52. The van der Waals surface area contributed by atoms with Gasteiger partial charge in [-0.05, 0) is 12.1 Å². The number of aromatic nitrogens is 1. The van der Waals surface area contributed by atoms with Crippen LogP contribution < -0.4 is 4.90 Å². The first-order valence-electron chi connectivity index (χ1n) is 4.67. The van der Waals surface area contributed by atoms with Crippen molar-refractivity contribution in [3.05, 3.63) is 36.4 Å². The smallest absolute Gasteiger partial charge is 0.260 e. The van der Waals surface area contributed by atoms with Crippen LogP contribution in [0.15, 0.2) is 36.4 Å². The molecule has 16 heavy (non-hydrogen) atoms. The van der Waals surface area contributed by atoms with Crippen molar-refractivity contribution in [2.24, 2.45) is 0 Å². The SMILES string of the molecule is O=C1C=CC(=O)N1c1nc2ccccc2s1. The van der Waals surface area contributed by atoms with Gasteiger partial charge in [-0.15, -0.1) is 0 Å². The summed E-state index contributed by atoms with van der Waals surface area (Å²) in [6, 6.07) is 7.54. The topological polar surface area (TPSA) is 50.3 Å². The first-order valence-corrected chi connectivity index (χ1v) is 5.49. The van der Waals surface area contributed by atoms with E-state index in [0.717, 1.165) is 15.1 Å². The van der Waals surface area contributed by atoms with Crippen LogP contribution in [-0.2, 0) is 9.59 Å². The third-order valence-corrected chi connectivity index (χ3v) is 3.30. The summed E-state index contributed by atoms with van der Waals surface area (Å²) in [7, 11) is 0. The normalized spacial score (nSPS) is 15.4. The van der Waals surface area contributed by atoms with Crippen molar-refractivity contribution in [3.8, 4) is 0 Å². The van der Waals surface area contributed by atoms with Crippen molar-refractivity contribution in [1.82, 2.24) is 4.98 Å². The van der Waals surface area contributed by atoms with Crippen LogP contribution in [0, 0.1) is 0 Å². The van der Waals surface area contributed by atoms with Crippen molar-refractivity contribution in [1.29, 1.82) is 0 Å². The Hall–Kier alpha value is -2.01. The van der Waals surface area contributed by atoms with Gasteiger partial charge in [-0.2, -0.15) is 0 Å². The number of rotatable bonds is 1. The average Bonchev–Trinajstić information content (AvgIpc) is 2.82. The molecule has 1 aromatic carbocycles. The molecule has 1 aliphatic rings. The fraction of sp³-hybridized carbons (Fsp3) is 0. The van der Waals surface area contributed by atoms with Crippen molar-refractivity contribution in [2.45, 2.75) is 0 Å². The van der Waals surface area contributed by atoms with Crippen molar-refractivity contribution >= 4 is 38.5 Å². The fourth-order valence-electron chi connectivity index (χ4n) is 1.54. The molecule has 0 unspecified atom stereocenters. The number of amides is 2. The molecule has 0 saturated carbocycles. The molecule has 3 rings (SSSR count). The molecular formula is C11H6N2O2S. The minimum absolute atomic E-state index is 0.330. The van der Waals surface area contributed by atoms with Crippen LogP contribution in [0.5, 0.6) is 0 Å². The Labute approximate surface area is 94.8 Å². The lowest BCUT2D eigenvalue weighted by molar-refractivity contribution is -0.119. The number of hydrogen-bond acceptors (Lipinski definition) is 4. The number of hydrogen-bond donors (Lipinski definition) is 0. The summed E-state index contributed by atoms with van der Waals surface area (Å²) in [5, 5.41) is 0.432. The molecular weight excluding hydrogens is 224 g/mol. The van der Waals surface area contributed by atoms with Gasteiger partial charge in [0.1, 0.15) is 0 Å². The number of carbonyl (C=O) groups is 2. The highest BCUT2D eigenvalue weighted by Crippen LogP contribution is 2.29. The van der Waals surface area contributed by atoms with Gasteiger partial charge >= 0.3 is 0 Å². The minimum atomic E-state index is -0.330. The minimum Gasteiger partial charge on any atom is -0.269 e. The Morgan fingerprint density at radius 2 is 1.75 bits per heavy atom. The second-order valence-corrected chi connectivity index (χ2v) is 4.32. The van der Waals surface area contributed by atoms with E-state index in [0.29, 0.717) is 5.13 Å². The molecule has 0 radical (unpaired) electrons. The Morgan fingerprint density at radius 3 is 2.44 bits per heavy atom. The van der Waals surface area contributed by atoms with Crippen LogP contribution in [0.2, 0.25) is 0 Å². The summed E-state index contributed by atoms with van der Waals surface area (Å²) in [6.45, 7) is 0. The molecule has 4 nitrogen and oxygen atoms in total. The van der Waals surface area contributed by atoms with Crippen molar-refractivity contribution < 1.29 is 9.59 Å². The standard InChI is InChI=1S/C11H6N2O2S/c14-9-5-6-10(15)13(9)11-12-7-3-1-2-4-8(7)16-11/h1-6H. The van der Waals surface area contributed by atoms with E-state index < -0.39 is 0 Å². The maximum Gasteiger partial charge on any atom is 0.260 e. The molecule has 2 amide bonds. The number of imide groups is 1. The number of anilines is 1. The van der Waals surface area contributed by atoms with Crippen molar-refractivity contribution in [3.63, 3.8) is 0 Å². The summed E-state index contributed by atoms with van der Waals surface area (Å²) < 4.78 is 0.963. The van der Waals surface area contributed by atoms with Crippen LogP contribution >= 0.6 is 11.3 Å². The lowest BCUT2D eigenvalue weighted by atomic mass is 10.3. The quantitative estimate of drug-likeness (QED) is 0.701. The number of thiazole rings is 1. The summed E-state index contributed by atoms with van der Waals surface area (Å²) in [6.07, 6.45) is 2.52. The Balaban J connectivity index is 2.13. The van der Waals surface area contributed by atoms with Crippen LogP contribution in [-0.4, -0.2) is 16.8 Å².